The molecule has 0 N–H and O–H groups in total. The largest absolute Gasteiger partial charge is 1.00 e. The summed E-state index contributed by atoms with van der Waals surface area (Å²) in [5, 5.41) is 0.284. The van der Waals surface area contributed by atoms with E-state index in [1.165, 1.54) is 12.1 Å². The Bertz CT molecular complexity index is 402. The van der Waals surface area contributed by atoms with E-state index in [1.807, 2.05) is 0 Å². The van der Waals surface area contributed by atoms with Crippen molar-refractivity contribution in [2.45, 2.75) is 11.8 Å². The Hall–Kier alpha value is 1.06. The van der Waals surface area contributed by atoms with E-state index < -0.39 is 10.1 Å². The number of hydrogen-bond acceptors (Lipinski definition) is 3. The van der Waals surface area contributed by atoms with Gasteiger partial charge in [0.2, 0.25) is 0 Å². The van der Waals surface area contributed by atoms with Gasteiger partial charge in [-0.2, -0.15) is 0 Å². The molecule has 0 saturated carbocycles. The molecule has 0 spiro atoms. The van der Waals surface area contributed by atoms with Gasteiger partial charge in [-0.3, -0.25) is 0 Å². The summed E-state index contributed by atoms with van der Waals surface area (Å²) in [5.74, 6) is 0. The number of hydrogen-bond donors (Lipinski definition) is 0. The van der Waals surface area contributed by atoms with Crippen LogP contribution in [-0.4, -0.2) is 13.0 Å². The second-order valence-corrected chi connectivity index (χ2v) is 4.15. The van der Waals surface area contributed by atoms with E-state index in [4.69, 9.17) is 11.6 Å². The topological polar surface area (TPSA) is 57.2 Å². The van der Waals surface area contributed by atoms with Crippen LogP contribution in [0.4, 0.5) is 0 Å². The molecule has 0 amide bonds. The fourth-order valence-electron chi connectivity index (χ4n) is 0.729. The molecule has 0 aliphatic heterocycles. The van der Waals surface area contributed by atoms with Gasteiger partial charge in [-0.25, -0.2) is 8.42 Å². The molecule has 0 heterocycles. The van der Waals surface area contributed by atoms with Gasteiger partial charge in [-0.05, 0) is 24.6 Å². The summed E-state index contributed by atoms with van der Waals surface area (Å²) in [4.78, 5) is -0.293. The van der Waals surface area contributed by atoms with E-state index in [9.17, 15) is 13.0 Å². The van der Waals surface area contributed by atoms with E-state index in [-0.39, 0.29) is 61.3 Å². The fraction of sp³-hybridized carbons (Fsp3) is 0.143. The van der Waals surface area contributed by atoms with E-state index in [0.717, 1.165) is 11.6 Å². The van der Waals surface area contributed by atoms with Crippen molar-refractivity contribution in [1.82, 2.24) is 0 Å². The summed E-state index contributed by atoms with van der Waals surface area (Å²) in [6.07, 6.45) is 0. The monoisotopic (exact) mass is 244 g/mol. The van der Waals surface area contributed by atoms with Crippen LogP contribution in [0, 0.1) is 6.92 Å². The van der Waals surface area contributed by atoms with Crippen LogP contribution >= 0.6 is 11.6 Å². The predicted molar refractivity (Wildman–Crippen MR) is 44.2 cm³/mol. The van der Waals surface area contributed by atoms with E-state index in [1.54, 1.807) is 6.92 Å². The first-order valence-electron chi connectivity index (χ1n) is 3.13. The quantitative estimate of drug-likeness (QED) is 0.449. The van der Waals surface area contributed by atoms with Gasteiger partial charge < -0.3 is 4.55 Å². The SMILES string of the molecule is Cc1ccc(S(=O)(=O)[O-])cc1Cl.[K+]. The zero-order valence-electron chi connectivity index (χ0n) is 7.24. The molecule has 0 aliphatic rings. The molecule has 0 fully saturated rings. The summed E-state index contributed by atoms with van der Waals surface area (Å²) < 4.78 is 31.4. The molecule has 66 valence electrons. The van der Waals surface area contributed by atoms with Crippen molar-refractivity contribution in [2.75, 3.05) is 0 Å². The van der Waals surface area contributed by atoms with Crippen LogP contribution in [0.1, 0.15) is 5.56 Å². The molecule has 0 aliphatic carbocycles. The first kappa shape index (κ1) is 14.1. The molecule has 1 aromatic rings. The Morgan fingerprint density at radius 3 is 2.31 bits per heavy atom. The Morgan fingerprint density at radius 2 is 1.92 bits per heavy atom. The van der Waals surface area contributed by atoms with Crippen molar-refractivity contribution in [3.8, 4) is 0 Å². The average Bonchev–Trinajstić information content (AvgIpc) is 1.92. The molecule has 0 bridgehead atoms. The van der Waals surface area contributed by atoms with Crippen LogP contribution in [0.5, 0.6) is 0 Å². The van der Waals surface area contributed by atoms with Crippen molar-refractivity contribution in [3.05, 3.63) is 28.8 Å². The fourth-order valence-corrected chi connectivity index (χ4v) is 1.47. The Morgan fingerprint density at radius 1 is 1.38 bits per heavy atom. The maximum absolute atomic E-state index is 10.5. The van der Waals surface area contributed by atoms with Gasteiger partial charge in [-0.1, -0.05) is 17.7 Å². The summed E-state index contributed by atoms with van der Waals surface area (Å²) in [6, 6.07) is 3.88. The number of halogens is 1. The Labute approximate surface area is 125 Å². The predicted octanol–water partition coefficient (Wildman–Crippen LogP) is -1.44. The standard InChI is InChI=1S/C7H7ClO3S.K/c1-5-2-3-6(4-7(5)8)12(9,10)11;/h2-4H,1H3,(H,9,10,11);/q;+1/p-1. The maximum atomic E-state index is 10.5. The van der Waals surface area contributed by atoms with Crippen molar-refractivity contribution in [2.24, 2.45) is 0 Å². The summed E-state index contributed by atoms with van der Waals surface area (Å²) in [6.45, 7) is 1.73. The van der Waals surface area contributed by atoms with Crippen LogP contribution < -0.4 is 51.4 Å². The van der Waals surface area contributed by atoms with Crippen molar-refractivity contribution >= 4 is 21.7 Å². The van der Waals surface area contributed by atoms with Gasteiger partial charge in [0.15, 0.2) is 0 Å². The third-order valence-corrected chi connectivity index (χ3v) is 2.67. The van der Waals surface area contributed by atoms with Crippen molar-refractivity contribution < 1.29 is 64.4 Å². The molecule has 13 heavy (non-hydrogen) atoms. The van der Waals surface area contributed by atoms with E-state index in [2.05, 4.69) is 0 Å². The molecule has 0 saturated heterocycles. The van der Waals surface area contributed by atoms with Crippen LogP contribution in [0.15, 0.2) is 23.1 Å². The minimum absolute atomic E-state index is 0. The summed E-state index contributed by atoms with van der Waals surface area (Å²) in [7, 11) is -4.38. The van der Waals surface area contributed by atoms with E-state index in [0.29, 0.717) is 0 Å². The number of benzene rings is 1. The van der Waals surface area contributed by atoms with Crippen molar-refractivity contribution in [3.63, 3.8) is 0 Å². The molecule has 1 rings (SSSR count). The zero-order valence-corrected chi connectivity index (χ0v) is 11.9. The smallest absolute Gasteiger partial charge is 0.744 e. The molecule has 0 unspecified atom stereocenters. The Kier molecular flexibility index (Phi) is 5.65. The van der Waals surface area contributed by atoms with Crippen molar-refractivity contribution in [1.29, 1.82) is 0 Å². The molecule has 1 aromatic carbocycles. The van der Waals surface area contributed by atoms with Crippen LogP contribution in [-0.2, 0) is 10.1 Å². The van der Waals surface area contributed by atoms with Crippen LogP contribution in [0.25, 0.3) is 0 Å². The van der Waals surface area contributed by atoms with E-state index >= 15 is 0 Å². The molecule has 3 nitrogen and oxygen atoms in total. The number of aryl methyl sites for hydroxylation is 1. The van der Waals surface area contributed by atoms with Gasteiger partial charge in [0.05, 0.1) is 4.90 Å². The zero-order chi connectivity index (χ0) is 9.35. The maximum Gasteiger partial charge on any atom is 1.00 e. The molecule has 0 aromatic heterocycles. The molecule has 0 atom stereocenters. The van der Waals surface area contributed by atoms with Gasteiger partial charge in [0.25, 0.3) is 0 Å². The second kappa shape index (κ2) is 5.23. The summed E-state index contributed by atoms with van der Waals surface area (Å²) in [5.41, 5.74) is 0.740. The minimum Gasteiger partial charge on any atom is -0.744 e. The van der Waals surface area contributed by atoms with Gasteiger partial charge >= 0.3 is 51.4 Å². The second-order valence-electron chi connectivity index (χ2n) is 2.37. The molecular formula is C7H6ClKO3S. The normalized spacial score (nSPS) is 10.7. The first-order chi connectivity index (χ1) is 5.41. The van der Waals surface area contributed by atoms with Gasteiger partial charge in [0.1, 0.15) is 10.1 Å². The first-order valence-corrected chi connectivity index (χ1v) is 4.92. The van der Waals surface area contributed by atoms with Crippen LogP contribution in [0.3, 0.4) is 0 Å². The molecule has 6 heteroatoms. The minimum atomic E-state index is -4.38. The van der Waals surface area contributed by atoms with Gasteiger partial charge in [-0.15, -0.1) is 0 Å². The summed E-state index contributed by atoms with van der Waals surface area (Å²) >= 11 is 5.62. The number of rotatable bonds is 1. The third-order valence-electron chi connectivity index (χ3n) is 1.43. The van der Waals surface area contributed by atoms with Gasteiger partial charge in [0, 0.05) is 5.02 Å². The molecule has 0 radical (unpaired) electrons. The van der Waals surface area contributed by atoms with Crippen LogP contribution in [0.2, 0.25) is 5.02 Å². The third kappa shape index (κ3) is 3.97. The molecular weight excluding hydrogens is 239 g/mol. The Balaban J connectivity index is 0.00000144. The average molecular weight is 245 g/mol.